The quantitative estimate of drug-likeness (QED) is 0.827. The zero-order valence-corrected chi connectivity index (χ0v) is 8.00. The number of halogens is 2. The van der Waals surface area contributed by atoms with Crippen LogP contribution < -0.4 is 5.32 Å². The van der Waals surface area contributed by atoms with Gasteiger partial charge in [0.2, 0.25) is 0 Å². The van der Waals surface area contributed by atoms with Crippen LogP contribution in [0, 0.1) is 23.0 Å². The number of nitrogens with zero attached hydrogens (tertiary/aromatic N) is 1. The average Bonchev–Trinajstić information content (AvgIpc) is 2.99. The van der Waals surface area contributed by atoms with Gasteiger partial charge in [-0.25, -0.2) is 8.78 Å². The SMILES string of the molecule is N#CC(NC1CC1)c1ccc(F)cc1F. The van der Waals surface area contributed by atoms with Crippen molar-refractivity contribution in [3.63, 3.8) is 0 Å². The Morgan fingerprint density at radius 2 is 2.13 bits per heavy atom. The van der Waals surface area contributed by atoms with Crippen molar-refractivity contribution in [2.75, 3.05) is 0 Å². The Balaban J connectivity index is 2.21. The molecule has 4 heteroatoms. The van der Waals surface area contributed by atoms with E-state index >= 15 is 0 Å². The summed E-state index contributed by atoms with van der Waals surface area (Å²) < 4.78 is 26.0. The van der Waals surface area contributed by atoms with E-state index in [2.05, 4.69) is 5.32 Å². The lowest BCUT2D eigenvalue weighted by atomic mass is 10.1. The molecule has 0 saturated heterocycles. The molecule has 1 atom stereocenters. The van der Waals surface area contributed by atoms with Gasteiger partial charge in [0.05, 0.1) is 6.07 Å². The maximum absolute atomic E-state index is 13.3. The van der Waals surface area contributed by atoms with Crippen molar-refractivity contribution in [2.24, 2.45) is 0 Å². The van der Waals surface area contributed by atoms with E-state index in [4.69, 9.17) is 5.26 Å². The molecule has 1 saturated carbocycles. The van der Waals surface area contributed by atoms with E-state index in [0.29, 0.717) is 6.04 Å². The lowest BCUT2D eigenvalue weighted by molar-refractivity contribution is 0.542. The van der Waals surface area contributed by atoms with Gasteiger partial charge in [0.1, 0.15) is 17.7 Å². The minimum atomic E-state index is -0.682. The molecule has 0 radical (unpaired) electrons. The largest absolute Gasteiger partial charge is 0.295 e. The van der Waals surface area contributed by atoms with Gasteiger partial charge in [0.15, 0.2) is 0 Å². The van der Waals surface area contributed by atoms with Gasteiger partial charge in [-0.1, -0.05) is 6.07 Å². The molecule has 2 nitrogen and oxygen atoms in total. The van der Waals surface area contributed by atoms with Crippen molar-refractivity contribution >= 4 is 0 Å². The molecule has 1 aliphatic rings. The predicted octanol–water partition coefficient (Wildman–Crippen LogP) is 2.28. The van der Waals surface area contributed by atoms with Crippen LogP contribution in [0.1, 0.15) is 24.4 Å². The minimum absolute atomic E-state index is 0.214. The van der Waals surface area contributed by atoms with Gasteiger partial charge in [-0.05, 0) is 18.9 Å². The van der Waals surface area contributed by atoms with Gasteiger partial charge in [0.25, 0.3) is 0 Å². The first-order chi connectivity index (χ1) is 7.20. The van der Waals surface area contributed by atoms with Crippen LogP contribution in [-0.2, 0) is 0 Å². The van der Waals surface area contributed by atoms with Crippen molar-refractivity contribution in [1.29, 1.82) is 5.26 Å². The van der Waals surface area contributed by atoms with Gasteiger partial charge >= 0.3 is 0 Å². The summed E-state index contributed by atoms with van der Waals surface area (Å²) in [6, 6.07) is 4.88. The third-order valence-electron chi connectivity index (χ3n) is 2.38. The first-order valence-electron chi connectivity index (χ1n) is 4.81. The third kappa shape index (κ3) is 2.31. The zero-order valence-electron chi connectivity index (χ0n) is 8.00. The molecule has 15 heavy (non-hydrogen) atoms. The summed E-state index contributed by atoms with van der Waals surface area (Å²) in [6.07, 6.45) is 2.03. The highest BCUT2D eigenvalue weighted by Gasteiger charge is 2.26. The highest BCUT2D eigenvalue weighted by atomic mass is 19.1. The Kier molecular flexibility index (Phi) is 2.65. The van der Waals surface area contributed by atoms with Gasteiger partial charge in [-0.2, -0.15) is 5.26 Å². The lowest BCUT2D eigenvalue weighted by Crippen LogP contribution is -2.22. The van der Waals surface area contributed by atoms with Crippen LogP contribution in [-0.4, -0.2) is 6.04 Å². The van der Waals surface area contributed by atoms with Crippen LogP contribution in [0.2, 0.25) is 0 Å². The van der Waals surface area contributed by atoms with E-state index in [9.17, 15) is 8.78 Å². The monoisotopic (exact) mass is 208 g/mol. The molecule has 1 unspecified atom stereocenters. The Hall–Kier alpha value is -1.47. The van der Waals surface area contributed by atoms with Crippen LogP contribution >= 0.6 is 0 Å². The molecular formula is C11H10F2N2. The van der Waals surface area contributed by atoms with Crippen LogP contribution in [0.4, 0.5) is 8.78 Å². The van der Waals surface area contributed by atoms with Crippen LogP contribution in [0.15, 0.2) is 18.2 Å². The molecule has 1 aromatic rings. The molecule has 2 rings (SSSR count). The summed E-state index contributed by atoms with van der Waals surface area (Å²) in [5, 5.41) is 11.9. The Labute approximate surface area is 86.5 Å². The summed E-state index contributed by atoms with van der Waals surface area (Å²) in [4.78, 5) is 0. The lowest BCUT2D eigenvalue weighted by Gasteiger charge is -2.11. The van der Waals surface area contributed by atoms with Gasteiger partial charge < -0.3 is 0 Å². The van der Waals surface area contributed by atoms with E-state index in [1.807, 2.05) is 6.07 Å². The summed E-state index contributed by atoms with van der Waals surface area (Å²) in [5.74, 6) is -1.30. The van der Waals surface area contributed by atoms with E-state index in [1.165, 1.54) is 6.07 Å². The summed E-state index contributed by atoms with van der Waals surface area (Å²) in [6.45, 7) is 0. The highest BCUT2D eigenvalue weighted by Crippen LogP contribution is 2.25. The molecule has 0 aromatic heterocycles. The van der Waals surface area contributed by atoms with Crippen molar-refractivity contribution < 1.29 is 8.78 Å². The number of nitriles is 1. The molecular weight excluding hydrogens is 198 g/mol. The Bertz CT molecular complexity index is 408. The summed E-state index contributed by atoms with van der Waals surface area (Å²) >= 11 is 0. The number of hydrogen-bond donors (Lipinski definition) is 1. The number of rotatable bonds is 3. The van der Waals surface area contributed by atoms with E-state index in [1.54, 1.807) is 0 Å². The fourth-order valence-corrected chi connectivity index (χ4v) is 1.42. The van der Waals surface area contributed by atoms with E-state index in [-0.39, 0.29) is 5.56 Å². The van der Waals surface area contributed by atoms with Crippen molar-refractivity contribution in [2.45, 2.75) is 24.9 Å². The summed E-state index contributed by atoms with van der Waals surface area (Å²) in [7, 11) is 0. The molecule has 0 heterocycles. The summed E-state index contributed by atoms with van der Waals surface area (Å²) in [5.41, 5.74) is 0.214. The Morgan fingerprint density at radius 1 is 1.40 bits per heavy atom. The minimum Gasteiger partial charge on any atom is -0.295 e. The molecule has 1 fully saturated rings. The first kappa shape index (κ1) is 10.1. The second-order valence-corrected chi connectivity index (χ2v) is 3.67. The van der Waals surface area contributed by atoms with Gasteiger partial charge in [-0.3, -0.25) is 5.32 Å². The first-order valence-corrected chi connectivity index (χ1v) is 4.81. The van der Waals surface area contributed by atoms with E-state index in [0.717, 1.165) is 25.0 Å². The molecule has 0 aliphatic heterocycles. The fourth-order valence-electron chi connectivity index (χ4n) is 1.42. The van der Waals surface area contributed by atoms with Gasteiger partial charge in [0, 0.05) is 17.7 Å². The second kappa shape index (κ2) is 3.95. The number of hydrogen-bond acceptors (Lipinski definition) is 2. The Morgan fingerprint density at radius 3 is 2.67 bits per heavy atom. The molecule has 78 valence electrons. The van der Waals surface area contributed by atoms with Gasteiger partial charge in [-0.15, -0.1) is 0 Å². The van der Waals surface area contributed by atoms with Crippen molar-refractivity contribution in [1.82, 2.24) is 5.32 Å². The standard InChI is InChI=1S/C11H10F2N2/c12-7-1-4-9(10(13)5-7)11(6-14)15-8-2-3-8/h1,4-5,8,11,15H,2-3H2. The maximum atomic E-state index is 13.3. The average molecular weight is 208 g/mol. The number of benzene rings is 1. The highest BCUT2D eigenvalue weighted by molar-refractivity contribution is 5.26. The second-order valence-electron chi connectivity index (χ2n) is 3.67. The van der Waals surface area contributed by atoms with Crippen LogP contribution in [0.5, 0.6) is 0 Å². The third-order valence-corrected chi connectivity index (χ3v) is 2.38. The molecule has 1 aromatic carbocycles. The van der Waals surface area contributed by atoms with E-state index < -0.39 is 17.7 Å². The number of nitrogens with one attached hydrogen (secondary N) is 1. The molecule has 1 aliphatic carbocycles. The molecule has 0 bridgehead atoms. The fraction of sp³-hybridized carbons (Fsp3) is 0.364. The van der Waals surface area contributed by atoms with Crippen LogP contribution in [0.25, 0.3) is 0 Å². The molecule has 1 N–H and O–H groups in total. The van der Waals surface area contributed by atoms with Crippen molar-refractivity contribution in [3.05, 3.63) is 35.4 Å². The smallest absolute Gasteiger partial charge is 0.131 e. The molecule has 0 amide bonds. The van der Waals surface area contributed by atoms with Crippen LogP contribution in [0.3, 0.4) is 0 Å². The predicted molar refractivity (Wildman–Crippen MR) is 50.9 cm³/mol. The maximum Gasteiger partial charge on any atom is 0.131 e. The molecule has 0 spiro atoms. The van der Waals surface area contributed by atoms with Crippen molar-refractivity contribution in [3.8, 4) is 6.07 Å². The normalized spacial score (nSPS) is 17.1. The topological polar surface area (TPSA) is 35.8 Å². The zero-order chi connectivity index (χ0) is 10.8.